The minimum absolute atomic E-state index is 0.0949. The van der Waals surface area contributed by atoms with Crippen LogP contribution in [0.3, 0.4) is 0 Å². The predicted molar refractivity (Wildman–Crippen MR) is 65.9 cm³/mol. The number of amides is 1. The highest BCUT2D eigenvalue weighted by atomic mass is 16.5. The van der Waals surface area contributed by atoms with Crippen LogP contribution in [0.2, 0.25) is 0 Å². The van der Waals surface area contributed by atoms with E-state index in [0.717, 1.165) is 0 Å². The van der Waals surface area contributed by atoms with Gasteiger partial charge < -0.3 is 15.4 Å². The maximum atomic E-state index is 10.8. The molecule has 2 N–H and O–H groups in total. The molecule has 0 spiro atoms. The Morgan fingerprint density at radius 1 is 1.53 bits per heavy atom. The molecule has 0 aromatic heterocycles. The number of primary amides is 1. The topological polar surface area (TPSA) is 72.6 Å². The Morgan fingerprint density at radius 2 is 2.12 bits per heavy atom. The summed E-state index contributed by atoms with van der Waals surface area (Å²) in [5.41, 5.74) is 5.81. The minimum Gasteiger partial charge on any atom is -0.469 e. The van der Waals surface area contributed by atoms with E-state index in [1.807, 2.05) is 31.1 Å². The first kappa shape index (κ1) is 15.2. The van der Waals surface area contributed by atoms with Crippen molar-refractivity contribution in [2.24, 2.45) is 5.73 Å². The number of esters is 1. The van der Waals surface area contributed by atoms with Gasteiger partial charge in [-0.05, 0) is 19.2 Å². The molecule has 5 heteroatoms. The molecule has 0 saturated heterocycles. The zero-order chi connectivity index (χ0) is 13.4. The molecule has 1 aliphatic heterocycles. The number of hydrogen-bond donors (Lipinski definition) is 1. The van der Waals surface area contributed by atoms with E-state index in [9.17, 15) is 9.59 Å². The molecule has 1 atom stereocenters. The van der Waals surface area contributed by atoms with Crippen LogP contribution in [0, 0.1) is 0 Å². The molecule has 1 unspecified atom stereocenters. The molecule has 0 aromatic rings. The molecule has 0 fully saturated rings. The van der Waals surface area contributed by atoms with E-state index in [0.29, 0.717) is 12.0 Å². The Bertz CT molecular complexity index is 329. The summed E-state index contributed by atoms with van der Waals surface area (Å²) >= 11 is 0. The number of rotatable bonds is 2. The Hall–Kier alpha value is -1.78. The third kappa shape index (κ3) is 5.19. The number of likely N-dealkylation sites (N-methyl/N-ethyl adjacent to an activating group) is 1. The molecule has 1 rings (SSSR count). The standard InChI is InChI=1S/C8H12N2O.C4H8O2/c1-6-7(8(9)11)4-3-5-10(6)2;1-3-4(5)6-2/h3-6H,1-2H3,(H2,9,11);3H2,1-2H3. The van der Waals surface area contributed by atoms with Gasteiger partial charge in [0.1, 0.15) is 0 Å². The van der Waals surface area contributed by atoms with E-state index >= 15 is 0 Å². The van der Waals surface area contributed by atoms with Crippen molar-refractivity contribution in [1.82, 2.24) is 4.90 Å². The fourth-order valence-electron chi connectivity index (χ4n) is 1.20. The number of nitrogens with zero attached hydrogens (tertiary/aromatic N) is 1. The molecule has 1 heterocycles. The fraction of sp³-hybridized carbons (Fsp3) is 0.500. The molecular weight excluding hydrogens is 220 g/mol. The van der Waals surface area contributed by atoms with Crippen molar-refractivity contribution in [3.8, 4) is 0 Å². The number of hydrogen-bond acceptors (Lipinski definition) is 4. The molecule has 0 aromatic carbocycles. The van der Waals surface area contributed by atoms with E-state index in [1.54, 1.807) is 13.0 Å². The van der Waals surface area contributed by atoms with E-state index < -0.39 is 0 Å². The summed E-state index contributed by atoms with van der Waals surface area (Å²) in [6.45, 7) is 3.70. The van der Waals surface area contributed by atoms with Crippen LogP contribution in [0.1, 0.15) is 20.3 Å². The number of methoxy groups -OCH3 is 1. The van der Waals surface area contributed by atoms with Gasteiger partial charge in [-0.1, -0.05) is 13.0 Å². The van der Waals surface area contributed by atoms with Crippen LogP contribution >= 0.6 is 0 Å². The van der Waals surface area contributed by atoms with Crippen LogP contribution in [0.5, 0.6) is 0 Å². The van der Waals surface area contributed by atoms with Gasteiger partial charge in [-0.15, -0.1) is 0 Å². The lowest BCUT2D eigenvalue weighted by Crippen LogP contribution is -2.33. The summed E-state index contributed by atoms with van der Waals surface area (Å²) in [6.07, 6.45) is 5.96. The third-order valence-corrected chi connectivity index (χ3v) is 2.46. The van der Waals surface area contributed by atoms with Crippen LogP contribution in [-0.2, 0) is 14.3 Å². The van der Waals surface area contributed by atoms with Crippen LogP contribution in [0.15, 0.2) is 23.9 Å². The second-order valence-corrected chi connectivity index (χ2v) is 3.60. The van der Waals surface area contributed by atoms with Crippen molar-refractivity contribution in [3.63, 3.8) is 0 Å². The highest BCUT2D eigenvalue weighted by Crippen LogP contribution is 2.13. The first-order valence-electron chi connectivity index (χ1n) is 5.40. The molecule has 0 bridgehead atoms. The Labute approximate surface area is 102 Å². The molecule has 1 aliphatic rings. The molecule has 5 nitrogen and oxygen atoms in total. The Kier molecular flexibility index (Phi) is 6.70. The van der Waals surface area contributed by atoms with Crippen LogP contribution in [0.4, 0.5) is 0 Å². The lowest BCUT2D eigenvalue weighted by Gasteiger charge is -2.26. The molecule has 96 valence electrons. The second kappa shape index (κ2) is 7.49. The van der Waals surface area contributed by atoms with Crippen molar-refractivity contribution in [2.45, 2.75) is 26.3 Å². The van der Waals surface area contributed by atoms with E-state index in [2.05, 4.69) is 4.74 Å². The summed E-state index contributed by atoms with van der Waals surface area (Å²) in [7, 11) is 3.29. The highest BCUT2D eigenvalue weighted by molar-refractivity contribution is 5.93. The van der Waals surface area contributed by atoms with Crippen molar-refractivity contribution in [2.75, 3.05) is 14.2 Å². The molecule has 1 amide bonds. The number of ether oxygens (including phenoxy) is 1. The molecule has 17 heavy (non-hydrogen) atoms. The molecule has 0 radical (unpaired) electrons. The Morgan fingerprint density at radius 3 is 2.41 bits per heavy atom. The van der Waals surface area contributed by atoms with Crippen molar-refractivity contribution in [3.05, 3.63) is 23.9 Å². The van der Waals surface area contributed by atoms with Crippen molar-refractivity contribution >= 4 is 11.9 Å². The summed E-state index contributed by atoms with van der Waals surface area (Å²) in [5, 5.41) is 0. The van der Waals surface area contributed by atoms with Crippen molar-refractivity contribution in [1.29, 1.82) is 0 Å². The lowest BCUT2D eigenvalue weighted by molar-refractivity contribution is -0.140. The van der Waals surface area contributed by atoms with E-state index in [1.165, 1.54) is 7.11 Å². The number of carbonyl (C=O) groups excluding carboxylic acids is 2. The molecular formula is C12H20N2O3. The summed E-state index contributed by atoms with van der Waals surface area (Å²) in [6, 6.07) is 0.0949. The summed E-state index contributed by atoms with van der Waals surface area (Å²) < 4.78 is 4.26. The zero-order valence-electron chi connectivity index (χ0n) is 10.8. The quantitative estimate of drug-likeness (QED) is 0.725. The smallest absolute Gasteiger partial charge is 0.305 e. The van der Waals surface area contributed by atoms with Crippen molar-refractivity contribution < 1.29 is 14.3 Å². The van der Waals surface area contributed by atoms with Gasteiger partial charge in [0.05, 0.1) is 13.2 Å². The van der Waals surface area contributed by atoms with Crippen LogP contribution < -0.4 is 5.73 Å². The van der Waals surface area contributed by atoms with Crippen LogP contribution in [-0.4, -0.2) is 37.0 Å². The van der Waals surface area contributed by atoms with Gasteiger partial charge in [-0.25, -0.2) is 0 Å². The largest absolute Gasteiger partial charge is 0.469 e. The average Bonchev–Trinajstić information content (AvgIpc) is 2.32. The summed E-state index contributed by atoms with van der Waals surface area (Å²) in [4.78, 5) is 22.7. The van der Waals surface area contributed by atoms with Gasteiger partial charge >= 0.3 is 5.97 Å². The van der Waals surface area contributed by atoms with Gasteiger partial charge in [-0.2, -0.15) is 0 Å². The predicted octanol–water partition coefficient (Wildman–Crippen LogP) is 0.815. The maximum Gasteiger partial charge on any atom is 0.305 e. The fourth-order valence-corrected chi connectivity index (χ4v) is 1.20. The number of nitrogens with two attached hydrogens (primary N) is 1. The first-order valence-corrected chi connectivity index (χ1v) is 5.40. The van der Waals surface area contributed by atoms with Gasteiger partial charge in [0, 0.05) is 19.0 Å². The van der Waals surface area contributed by atoms with E-state index in [4.69, 9.17) is 5.73 Å². The van der Waals surface area contributed by atoms with Gasteiger partial charge in [0.25, 0.3) is 0 Å². The van der Waals surface area contributed by atoms with Gasteiger partial charge in [0.2, 0.25) is 5.91 Å². The number of allylic oxidation sites excluding steroid dienone is 2. The maximum absolute atomic E-state index is 10.8. The molecule has 0 aliphatic carbocycles. The molecule has 0 saturated carbocycles. The third-order valence-electron chi connectivity index (χ3n) is 2.46. The monoisotopic (exact) mass is 240 g/mol. The zero-order valence-corrected chi connectivity index (χ0v) is 10.8. The second-order valence-electron chi connectivity index (χ2n) is 3.60. The normalized spacial score (nSPS) is 17.8. The summed E-state index contributed by atoms with van der Waals surface area (Å²) in [5.74, 6) is -0.497. The highest BCUT2D eigenvalue weighted by Gasteiger charge is 2.17. The van der Waals surface area contributed by atoms with Gasteiger partial charge in [0.15, 0.2) is 0 Å². The minimum atomic E-state index is -0.339. The SMILES string of the molecule is CC1C(C(N)=O)=CC=CN1C.CCC(=O)OC. The van der Waals surface area contributed by atoms with E-state index in [-0.39, 0.29) is 17.9 Å². The van der Waals surface area contributed by atoms with Gasteiger partial charge in [-0.3, -0.25) is 9.59 Å². The Balaban J connectivity index is 0.000000366. The number of carbonyl (C=O) groups is 2. The van der Waals surface area contributed by atoms with Crippen LogP contribution in [0.25, 0.3) is 0 Å². The lowest BCUT2D eigenvalue weighted by atomic mass is 10.0. The first-order chi connectivity index (χ1) is 7.93. The average molecular weight is 240 g/mol.